The van der Waals surface area contributed by atoms with Crippen LogP contribution in [0.3, 0.4) is 0 Å². The summed E-state index contributed by atoms with van der Waals surface area (Å²) in [6.45, 7) is 3.67. The standard InChI is InChI=1S/C20H28N6O2S/c1-24(2)12-9-21-18(27)17-23-22-16-5-6-20(8-11-26(16)17)7-10-25(14-20)19(28)15-4-3-13-29-15/h3-4,13H,5-12,14H2,1-2H3,(H,21,27)/t20-/m0/s1. The van der Waals surface area contributed by atoms with Crippen LogP contribution in [-0.2, 0) is 13.0 Å². The highest BCUT2D eigenvalue weighted by Gasteiger charge is 2.41. The van der Waals surface area contributed by atoms with Gasteiger partial charge in [-0.1, -0.05) is 6.07 Å². The van der Waals surface area contributed by atoms with E-state index in [2.05, 4.69) is 15.5 Å². The van der Waals surface area contributed by atoms with Gasteiger partial charge in [0.25, 0.3) is 11.8 Å². The maximum Gasteiger partial charge on any atom is 0.289 e. The van der Waals surface area contributed by atoms with Gasteiger partial charge in [-0.15, -0.1) is 21.5 Å². The average Bonchev–Trinajstić information content (AvgIpc) is 3.42. The summed E-state index contributed by atoms with van der Waals surface area (Å²) in [7, 11) is 3.95. The van der Waals surface area contributed by atoms with E-state index in [1.165, 1.54) is 11.3 Å². The van der Waals surface area contributed by atoms with E-state index in [0.717, 1.165) is 62.6 Å². The first kappa shape index (κ1) is 20.0. The molecule has 1 spiro atoms. The Kier molecular flexibility index (Phi) is 5.69. The number of hydrogen-bond acceptors (Lipinski definition) is 6. The predicted octanol–water partition coefficient (Wildman–Crippen LogP) is 1.50. The molecule has 1 N–H and O–H groups in total. The van der Waals surface area contributed by atoms with Gasteiger partial charge in [0.1, 0.15) is 5.82 Å². The van der Waals surface area contributed by atoms with Crippen molar-refractivity contribution in [1.29, 1.82) is 0 Å². The molecule has 2 aliphatic heterocycles. The van der Waals surface area contributed by atoms with Crippen molar-refractivity contribution < 1.29 is 9.59 Å². The molecular formula is C20H28N6O2S. The minimum atomic E-state index is -0.164. The topological polar surface area (TPSA) is 83.4 Å². The van der Waals surface area contributed by atoms with Crippen LogP contribution in [0.2, 0.25) is 0 Å². The quantitative estimate of drug-likeness (QED) is 0.799. The van der Waals surface area contributed by atoms with E-state index in [1.54, 1.807) is 0 Å². The number of carbonyl (C=O) groups excluding carboxylic acids is 2. The van der Waals surface area contributed by atoms with Gasteiger partial charge >= 0.3 is 0 Å². The molecule has 156 valence electrons. The summed E-state index contributed by atoms with van der Waals surface area (Å²) in [6.07, 6.45) is 3.71. The molecule has 2 amide bonds. The summed E-state index contributed by atoms with van der Waals surface area (Å²) in [6, 6.07) is 3.82. The zero-order valence-corrected chi connectivity index (χ0v) is 17.9. The van der Waals surface area contributed by atoms with E-state index in [0.29, 0.717) is 12.4 Å². The second kappa shape index (κ2) is 8.23. The zero-order chi connectivity index (χ0) is 20.4. The van der Waals surface area contributed by atoms with E-state index in [1.807, 2.05) is 46.0 Å². The van der Waals surface area contributed by atoms with Crippen molar-refractivity contribution in [1.82, 2.24) is 29.9 Å². The van der Waals surface area contributed by atoms with Crippen molar-refractivity contribution in [2.24, 2.45) is 5.41 Å². The van der Waals surface area contributed by atoms with Crippen molar-refractivity contribution in [3.63, 3.8) is 0 Å². The highest BCUT2D eigenvalue weighted by atomic mass is 32.1. The number of nitrogens with one attached hydrogen (secondary N) is 1. The Morgan fingerprint density at radius 1 is 1.24 bits per heavy atom. The van der Waals surface area contributed by atoms with Gasteiger partial charge < -0.3 is 19.7 Å². The van der Waals surface area contributed by atoms with Crippen LogP contribution in [0.15, 0.2) is 17.5 Å². The third kappa shape index (κ3) is 4.20. The summed E-state index contributed by atoms with van der Waals surface area (Å²) in [5.41, 5.74) is 0.103. The molecule has 2 aromatic rings. The first-order chi connectivity index (χ1) is 14.0. The van der Waals surface area contributed by atoms with Crippen molar-refractivity contribution in [2.45, 2.75) is 32.2 Å². The number of thiophene rings is 1. The molecular weight excluding hydrogens is 388 g/mol. The van der Waals surface area contributed by atoms with Gasteiger partial charge in [-0.25, -0.2) is 0 Å². The summed E-state index contributed by atoms with van der Waals surface area (Å²) in [4.78, 5) is 30.1. The molecule has 4 rings (SSSR count). The van der Waals surface area contributed by atoms with E-state index in [9.17, 15) is 9.59 Å². The molecule has 29 heavy (non-hydrogen) atoms. The van der Waals surface area contributed by atoms with Crippen molar-refractivity contribution >= 4 is 23.2 Å². The summed E-state index contributed by atoms with van der Waals surface area (Å²) >= 11 is 1.50. The number of carbonyl (C=O) groups is 2. The van der Waals surface area contributed by atoms with Crippen LogP contribution < -0.4 is 5.32 Å². The molecule has 1 atom stereocenters. The molecule has 8 nitrogen and oxygen atoms in total. The number of rotatable bonds is 5. The number of likely N-dealkylation sites (tertiary alicyclic amines) is 1. The number of fused-ring (bicyclic) bond motifs is 1. The van der Waals surface area contributed by atoms with Gasteiger partial charge in [0, 0.05) is 39.1 Å². The lowest BCUT2D eigenvalue weighted by Crippen LogP contribution is -2.33. The fourth-order valence-electron chi connectivity index (χ4n) is 4.32. The predicted molar refractivity (Wildman–Crippen MR) is 111 cm³/mol. The van der Waals surface area contributed by atoms with Gasteiger partial charge in [-0.3, -0.25) is 9.59 Å². The van der Waals surface area contributed by atoms with Crippen LogP contribution in [0.25, 0.3) is 0 Å². The Bertz CT molecular complexity index is 878. The summed E-state index contributed by atoms with van der Waals surface area (Å²) in [5.74, 6) is 1.26. The molecule has 2 aliphatic rings. The number of hydrogen-bond donors (Lipinski definition) is 1. The van der Waals surface area contributed by atoms with Crippen molar-refractivity contribution in [3.05, 3.63) is 34.0 Å². The van der Waals surface area contributed by atoms with E-state index >= 15 is 0 Å². The fraction of sp³-hybridized carbons (Fsp3) is 0.600. The summed E-state index contributed by atoms with van der Waals surface area (Å²) in [5, 5.41) is 13.3. The van der Waals surface area contributed by atoms with Crippen LogP contribution in [0.4, 0.5) is 0 Å². The number of aromatic nitrogens is 3. The molecule has 0 aromatic carbocycles. The molecule has 0 unspecified atom stereocenters. The van der Waals surface area contributed by atoms with Gasteiger partial charge in [0.15, 0.2) is 0 Å². The molecule has 2 aromatic heterocycles. The summed E-state index contributed by atoms with van der Waals surface area (Å²) < 4.78 is 1.98. The maximum absolute atomic E-state index is 12.7. The third-order valence-electron chi connectivity index (χ3n) is 6.08. The van der Waals surface area contributed by atoms with Gasteiger partial charge in [0.2, 0.25) is 5.82 Å². The highest BCUT2D eigenvalue weighted by molar-refractivity contribution is 7.12. The normalized spacial score (nSPS) is 21.4. The van der Waals surface area contributed by atoms with Crippen molar-refractivity contribution in [2.75, 3.05) is 40.3 Å². The number of nitrogens with zero attached hydrogens (tertiary/aromatic N) is 5. The minimum absolute atomic E-state index is 0.103. The van der Waals surface area contributed by atoms with Crippen LogP contribution in [0.1, 0.15) is 45.4 Å². The Morgan fingerprint density at radius 2 is 2.07 bits per heavy atom. The number of aryl methyl sites for hydroxylation is 1. The second-order valence-electron chi connectivity index (χ2n) is 8.35. The van der Waals surface area contributed by atoms with Crippen LogP contribution in [-0.4, -0.2) is 76.7 Å². The van der Waals surface area contributed by atoms with E-state index < -0.39 is 0 Å². The Labute approximate surface area is 174 Å². The minimum Gasteiger partial charge on any atom is -0.348 e. The molecule has 0 radical (unpaired) electrons. The number of likely N-dealkylation sites (N-methyl/N-ethyl adjacent to an activating group) is 1. The SMILES string of the molecule is CN(C)CCNC(=O)c1nnc2n1CC[C@]1(CC2)CCN(C(=O)c2cccs2)C1. The third-order valence-corrected chi connectivity index (χ3v) is 6.94. The smallest absolute Gasteiger partial charge is 0.289 e. The zero-order valence-electron chi connectivity index (χ0n) is 17.1. The van der Waals surface area contributed by atoms with Crippen LogP contribution in [0, 0.1) is 5.41 Å². The first-order valence-electron chi connectivity index (χ1n) is 10.2. The molecule has 0 saturated carbocycles. The maximum atomic E-state index is 12.7. The lowest BCUT2D eigenvalue weighted by Gasteiger charge is -2.27. The molecule has 9 heteroatoms. The first-order valence-corrected chi connectivity index (χ1v) is 11.0. The van der Waals surface area contributed by atoms with E-state index in [4.69, 9.17) is 0 Å². The van der Waals surface area contributed by atoms with Crippen LogP contribution >= 0.6 is 11.3 Å². The van der Waals surface area contributed by atoms with Crippen molar-refractivity contribution in [3.8, 4) is 0 Å². The average molecular weight is 417 g/mol. The second-order valence-corrected chi connectivity index (χ2v) is 9.30. The molecule has 4 heterocycles. The Balaban J connectivity index is 1.41. The van der Waals surface area contributed by atoms with Gasteiger partial charge in [0.05, 0.1) is 4.88 Å². The highest BCUT2D eigenvalue weighted by Crippen LogP contribution is 2.41. The van der Waals surface area contributed by atoms with Gasteiger partial charge in [-0.2, -0.15) is 0 Å². The number of amides is 2. The largest absolute Gasteiger partial charge is 0.348 e. The van der Waals surface area contributed by atoms with Gasteiger partial charge in [-0.05, 0) is 50.2 Å². The molecule has 0 aliphatic carbocycles. The fourth-order valence-corrected chi connectivity index (χ4v) is 5.01. The molecule has 1 saturated heterocycles. The van der Waals surface area contributed by atoms with Crippen LogP contribution in [0.5, 0.6) is 0 Å². The lowest BCUT2D eigenvalue weighted by molar-refractivity contribution is 0.0772. The molecule has 1 fully saturated rings. The Hall–Kier alpha value is -2.26. The monoisotopic (exact) mass is 416 g/mol. The Morgan fingerprint density at radius 3 is 2.83 bits per heavy atom. The lowest BCUT2D eigenvalue weighted by atomic mass is 9.80. The van der Waals surface area contributed by atoms with E-state index in [-0.39, 0.29) is 17.2 Å². The molecule has 0 bridgehead atoms.